The lowest BCUT2D eigenvalue weighted by Crippen LogP contribution is -2.37. The molecule has 6 rings (SSSR count). The van der Waals surface area contributed by atoms with E-state index >= 15 is 0 Å². The summed E-state index contributed by atoms with van der Waals surface area (Å²) in [7, 11) is 0. The van der Waals surface area contributed by atoms with E-state index in [4.69, 9.17) is 18.9 Å². The topological polar surface area (TPSA) is 110 Å². The van der Waals surface area contributed by atoms with Crippen LogP contribution in [0.5, 0.6) is 29.0 Å². The lowest BCUT2D eigenvalue weighted by molar-refractivity contribution is -0.389. The van der Waals surface area contributed by atoms with Gasteiger partial charge in [-0.1, -0.05) is 24.3 Å². The van der Waals surface area contributed by atoms with Crippen LogP contribution in [-0.2, 0) is 19.7 Å². The van der Waals surface area contributed by atoms with Crippen molar-refractivity contribution in [2.45, 2.75) is 57.5 Å². The molecule has 0 bridgehead atoms. The predicted molar refractivity (Wildman–Crippen MR) is 163 cm³/mol. The Labute approximate surface area is 268 Å². The number of rotatable bonds is 12. The van der Waals surface area contributed by atoms with Crippen LogP contribution in [0.4, 0.5) is 19.0 Å². The number of piperidine rings is 1. The minimum Gasteiger partial charge on any atom is -0.490 e. The van der Waals surface area contributed by atoms with E-state index in [0.717, 1.165) is 49.4 Å². The molecule has 1 fully saturated rings. The number of fused-ring (bicyclic) bond motifs is 1. The highest BCUT2D eigenvalue weighted by Crippen LogP contribution is 2.27. The van der Waals surface area contributed by atoms with Gasteiger partial charge in [0.2, 0.25) is 0 Å². The van der Waals surface area contributed by atoms with Gasteiger partial charge >= 0.3 is 18.2 Å². The van der Waals surface area contributed by atoms with Crippen molar-refractivity contribution >= 4 is 5.82 Å². The molecule has 47 heavy (non-hydrogen) atoms. The minimum absolute atomic E-state index is 0.117. The van der Waals surface area contributed by atoms with Gasteiger partial charge < -0.3 is 33.8 Å². The zero-order valence-corrected chi connectivity index (χ0v) is 25.3. The largest absolute Gasteiger partial charge is 0.573 e. The maximum absolute atomic E-state index is 12.3. The molecule has 11 nitrogen and oxygen atoms in total. The van der Waals surface area contributed by atoms with Crippen LogP contribution < -0.4 is 23.7 Å². The summed E-state index contributed by atoms with van der Waals surface area (Å²) in [4.78, 5) is 16.7. The molecule has 3 heterocycles. The molecule has 4 aromatic rings. The van der Waals surface area contributed by atoms with E-state index in [1.54, 1.807) is 16.7 Å². The summed E-state index contributed by atoms with van der Waals surface area (Å²) >= 11 is 0. The highest BCUT2D eigenvalue weighted by Gasteiger charge is 2.31. The van der Waals surface area contributed by atoms with Crippen LogP contribution in [0.25, 0.3) is 0 Å². The van der Waals surface area contributed by atoms with E-state index in [9.17, 15) is 23.3 Å². The fourth-order valence-corrected chi connectivity index (χ4v) is 5.42. The van der Waals surface area contributed by atoms with Crippen LogP contribution in [0.15, 0.2) is 79.0 Å². The number of aromatic nitrogens is 2. The third-order valence-corrected chi connectivity index (χ3v) is 7.87. The standard InChI is InChI=1S/C33H33F3N4O7/c34-33(35,36)47-29-7-3-24(4-8-29)21-43-25-5-1-23(2-6-25)19-38-16-13-28(14-17-38)45-27-11-9-26(10-12-27)44-22-30-15-18-39-20-31(40(41)42)37-32(39)46-30/h1-12,20,28,30H,13-19,21-22H2. The molecule has 14 heteroatoms. The first-order valence-electron chi connectivity index (χ1n) is 15.2. The summed E-state index contributed by atoms with van der Waals surface area (Å²) < 4.78 is 66.2. The molecule has 0 saturated carbocycles. The number of hydrogen-bond donors (Lipinski definition) is 0. The summed E-state index contributed by atoms with van der Waals surface area (Å²) in [5.41, 5.74) is 1.89. The number of ether oxygens (including phenoxy) is 5. The maximum atomic E-state index is 12.3. The maximum Gasteiger partial charge on any atom is 0.573 e. The number of imidazole rings is 1. The van der Waals surface area contributed by atoms with Crippen LogP contribution >= 0.6 is 0 Å². The zero-order valence-electron chi connectivity index (χ0n) is 25.3. The summed E-state index contributed by atoms with van der Waals surface area (Å²) in [6.07, 6.45) is -1.00. The molecule has 1 atom stereocenters. The van der Waals surface area contributed by atoms with Gasteiger partial charge in [-0.15, -0.1) is 13.2 Å². The SMILES string of the molecule is O=[N+]([O-])c1cn2c(n1)OC(COc1ccc(OC3CCN(Cc4ccc(OCc5ccc(OC(F)(F)F)cc5)cc4)CC3)cc1)CC2. The van der Waals surface area contributed by atoms with Crippen molar-refractivity contribution in [1.82, 2.24) is 14.5 Å². The number of alkyl halides is 3. The number of aryl methyl sites for hydroxylation is 1. The lowest BCUT2D eigenvalue weighted by atomic mass is 10.1. The van der Waals surface area contributed by atoms with Gasteiger partial charge in [-0.05, 0) is 77.4 Å². The van der Waals surface area contributed by atoms with Crippen LogP contribution in [0.3, 0.4) is 0 Å². The second kappa shape index (κ2) is 14.2. The van der Waals surface area contributed by atoms with Gasteiger partial charge in [0.15, 0.2) is 0 Å². The number of nitrogens with zero attached hydrogens (tertiary/aromatic N) is 4. The van der Waals surface area contributed by atoms with E-state index < -0.39 is 11.3 Å². The van der Waals surface area contributed by atoms with Gasteiger partial charge in [-0.25, -0.2) is 0 Å². The van der Waals surface area contributed by atoms with E-state index in [0.29, 0.717) is 31.1 Å². The van der Waals surface area contributed by atoms with Crippen molar-refractivity contribution in [3.63, 3.8) is 0 Å². The van der Waals surface area contributed by atoms with Gasteiger partial charge in [-0.2, -0.15) is 0 Å². The van der Waals surface area contributed by atoms with Crippen molar-refractivity contribution in [3.8, 4) is 29.0 Å². The fourth-order valence-electron chi connectivity index (χ4n) is 5.42. The van der Waals surface area contributed by atoms with Gasteiger partial charge in [0.05, 0.1) is 0 Å². The van der Waals surface area contributed by atoms with Crippen molar-refractivity contribution in [2.24, 2.45) is 0 Å². The van der Waals surface area contributed by atoms with Gasteiger partial charge in [0.1, 0.15) is 54.6 Å². The van der Waals surface area contributed by atoms with Crippen LogP contribution in [0.1, 0.15) is 30.4 Å². The second-order valence-corrected chi connectivity index (χ2v) is 11.4. The van der Waals surface area contributed by atoms with Crippen LogP contribution in [0.2, 0.25) is 0 Å². The first kappa shape index (κ1) is 32.0. The molecule has 1 aromatic heterocycles. The van der Waals surface area contributed by atoms with Crippen LogP contribution in [0, 0.1) is 10.1 Å². The van der Waals surface area contributed by atoms with Crippen molar-refractivity contribution in [2.75, 3.05) is 19.7 Å². The first-order valence-corrected chi connectivity index (χ1v) is 15.2. The third-order valence-electron chi connectivity index (χ3n) is 7.87. The molecule has 3 aromatic carbocycles. The molecule has 0 aliphatic carbocycles. The molecule has 248 valence electrons. The van der Waals surface area contributed by atoms with Crippen LogP contribution in [-0.4, -0.2) is 57.6 Å². The average Bonchev–Trinajstić information content (AvgIpc) is 3.49. The normalized spacial score (nSPS) is 17.0. The lowest BCUT2D eigenvalue weighted by Gasteiger charge is -2.32. The fraction of sp³-hybridized carbons (Fsp3) is 0.364. The zero-order chi connectivity index (χ0) is 32.8. The number of hydrogen-bond acceptors (Lipinski definition) is 9. The molecule has 2 aliphatic heterocycles. The number of halogens is 3. The molecule has 0 radical (unpaired) electrons. The summed E-state index contributed by atoms with van der Waals surface area (Å²) in [5, 5.41) is 10.9. The summed E-state index contributed by atoms with van der Waals surface area (Å²) in [6, 6.07) is 21.2. The Morgan fingerprint density at radius 3 is 2.13 bits per heavy atom. The molecular formula is C33H33F3N4O7. The Morgan fingerprint density at radius 2 is 1.45 bits per heavy atom. The monoisotopic (exact) mass is 654 g/mol. The van der Waals surface area contributed by atoms with E-state index in [-0.39, 0.29) is 36.4 Å². The first-order chi connectivity index (χ1) is 22.6. The highest BCUT2D eigenvalue weighted by molar-refractivity contribution is 5.32. The van der Waals surface area contributed by atoms with E-state index in [2.05, 4.69) is 14.6 Å². The molecule has 0 amide bonds. The van der Waals surface area contributed by atoms with Crippen molar-refractivity contribution in [3.05, 3.63) is 100 Å². The third kappa shape index (κ3) is 9.06. The van der Waals surface area contributed by atoms with Gasteiger partial charge in [-0.3, -0.25) is 9.47 Å². The van der Waals surface area contributed by atoms with Crippen molar-refractivity contribution < 1.29 is 41.8 Å². The Kier molecular flexibility index (Phi) is 9.66. The number of likely N-dealkylation sites (tertiary alicyclic amines) is 1. The highest BCUT2D eigenvalue weighted by atomic mass is 19.4. The molecule has 0 spiro atoms. The molecular weight excluding hydrogens is 621 g/mol. The minimum atomic E-state index is -4.72. The Morgan fingerprint density at radius 1 is 0.830 bits per heavy atom. The summed E-state index contributed by atoms with van der Waals surface area (Å²) in [5.74, 6) is 1.64. The molecule has 0 N–H and O–H groups in total. The van der Waals surface area contributed by atoms with E-state index in [1.165, 1.54) is 18.3 Å². The Bertz CT molecular complexity index is 1620. The number of nitro groups is 1. The van der Waals surface area contributed by atoms with Gasteiger partial charge in [0, 0.05) is 37.6 Å². The summed E-state index contributed by atoms with van der Waals surface area (Å²) in [6.45, 7) is 3.72. The Hall–Kier alpha value is -4.98. The quantitative estimate of drug-likeness (QED) is 0.124. The predicted octanol–water partition coefficient (Wildman–Crippen LogP) is 6.54. The Balaban J connectivity index is 0.882. The average molecular weight is 655 g/mol. The molecule has 1 unspecified atom stereocenters. The van der Waals surface area contributed by atoms with Gasteiger partial charge in [0.25, 0.3) is 0 Å². The van der Waals surface area contributed by atoms with Crippen molar-refractivity contribution in [1.29, 1.82) is 0 Å². The molecule has 2 aliphatic rings. The second-order valence-electron chi connectivity index (χ2n) is 11.4. The number of benzene rings is 3. The molecule has 1 saturated heterocycles. The smallest absolute Gasteiger partial charge is 0.490 e. The van der Waals surface area contributed by atoms with E-state index in [1.807, 2.05) is 48.5 Å².